The number of rotatable bonds is 7. The summed E-state index contributed by atoms with van der Waals surface area (Å²) in [5.74, 6) is -0.932. The molecule has 1 aliphatic rings. The summed E-state index contributed by atoms with van der Waals surface area (Å²) in [6.07, 6.45) is 3.95. The maximum atomic E-state index is 14.2. The zero-order chi connectivity index (χ0) is 25.2. The van der Waals surface area contributed by atoms with E-state index in [9.17, 15) is 14.7 Å². The van der Waals surface area contributed by atoms with Crippen molar-refractivity contribution in [3.63, 3.8) is 0 Å². The third-order valence-corrected chi connectivity index (χ3v) is 7.23. The molecule has 4 atom stereocenters. The van der Waals surface area contributed by atoms with Crippen molar-refractivity contribution in [3.8, 4) is 0 Å². The van der Waals surface area contributed by atoms with Gasteiger partial charge in [0, 0.05) is 28.4 Å². The van der Waals surface area contributed by atoms with Gasteiger partial charge in [-0.05, 0) is 54.3 Å². The summed E-state index contributed by atoms with van der Waals surface area (Å²) in [4.78, 5) is 36.8. The molecule has 8 heteroatoms. The molecule has 1 N–H and O–H groups in total. The van der Waals surface area contributed by atoms with Crippen molar-refractivity contribution >= 4 is 35.1 Å². The molecule has 1 aromatic heterocycles. The van der Waals surface area contributed by atoms with E-state index in [0.717, 1.165) is 11.1 Å². The van der Waals surface area contributed by atoms with Crippen LogP contribution in [0.1, 0.15) is 68.1 Å². The highest BCUT2D eigenvalue weighted by Gasteiger charge is 2.52. The Morgan fingerprint density at radius 3 is 2.37 bits per heavy atom. The number of aliphatic carboxylic acids is 1. The second-order valence-corrected chi connectivity index (χ2v) is 10.1. The SMILES string of the molecule is CC[C@@H](c1ncccn1)N1C(=O)[C@](C)(CC(=O)O)C[C@H](c2cccc(Cl)c2)[C@H]1c1ccc(Cl)cc1. The molecular formula is C27H27Cl2N3O3. The summed E-state index contributed by atoms with van der Waals surface area (Å²) in [6, 6.07) is 15.9. The minimum absolute atomic E-state index is 0.213. The number of carbonyl (C=O) groups excluding carboxylic acids is 1. The number of piperidine rings is 1. The van der Waals surface area contributed by atoms with Gasteiger partial charge in [0.05, 0.1) is 23.9 Å². The van der Waals surface area contributed by atoms with Gasteiger partial charge in [-0.25, -0.2) is 9.97 Å². The first-order chi connectivity index (χ1) is 16.7. The summed E-state index contributed by atoms with van der Waals surface area (Å²) < 4.78 is 0. The third-order valence-electron chi connectivity index (χ3n) is 6.74. The lowest BCUT2D eigenvalue weighted by Crippen LogP contribution is -2.53. The van der Waals surface area contributed by atoms with Crippen LogP contribution in [0.4, 0.5) is 0 Å². The second kappa shape index (κ2) is 10.3. The second-order valence-electron chi connectivity index (χ2n) is 9.24. The number of halogens is 2. The van der Waals surface area contributed by atoms with Crippen LogP contribution in [0.2, 0.25) is 10.0 Å². The molecule has 35 heavy (non-hydrogen) atoms. The van der Waals surface area contributed by atoms with Crippen LogP contribution in [0.15, 0.2) is 67.0 Å². The fraction of sp³-hybridized carbons (Fsp3) is 0.333. The number of nitrogens with zero attached hydrogens (tertiary/aromatic N) is 3. The van der Waals surface area contributed by atoms with Gasteiger partial charge in [-0.2, -0.15) is 0 Å². The Hall–Kier alpha value is -2.96. The van der Waals surface area contributed by atoms with E-state index in [0.29, 0.717) is 28.7 Å². The Labute approximate surface area is 214 Å². The maximum Gasteiger partial charge on any atom is 0.304 e. The lowest BCUT2D eigenvalue weighted by Gasteiger charge is -2.51. The summed E-state index contributed by atoms with van der Waals surface area (Å²) in [7, 11) is 0. The van der Waals surface area contributed by atoms with Crippen LogP contribution in [-0.4, -0.2) is 31.9 Å². The number of carboxylic acids is 1. The van der Waals surface area contributed by atoms with E-state index in [1.807, 2.05) is 37.3 Å². The Bertz CT molecular complexity index is 1210. The molecule has 1 fully saturated rings. The van der Waals surface area contributed by atoms with Crippen molar-refractivity contribution < 1.29 is 14.7 Å². The first-order valence-electron chi connectivity index (χ1n) is 11.6. The van der Waals surface area contributed by atoms with E-state index in [1.54, 1.807) is 48.5 Å². The predicted molar refractivity (Wildman–Crippen MR) is 135 cm³/mol. The van der Waals surface area contributed by atoms with E-state index in [-0.39, 0.29) is 18.2 Å². The van der Waals surface area contributed by atoms with Crippen LogP contribution in [-0.2, 0) is 9.59 Å². The average molecular weight is 512 g/mol. The first-order valence-corrected chi connectivity index (χ1v) is 12.3. The molecule has 0 spiro atoms. The summed E-state index contributed by atoms with van der Waals surface area (Å²) in [5, 5.41) is 10.9. The average Bonchev–Trinajstić information content (AvgIpc) is 2.83. The number of carbonyl (C=O) groups is 2. The molecule has 6 nitrogen and oxygen atoms in total. The first kappa shape index (κ1) is 25.1. The summed E-state index contributed by atoms with van der Waals surface area (Å²) in [5.41, 5.74) is 0.721. The molecule has 0 unspecified atom stereocenters. The van der Waals surface area contributed by atoms with Crippen LogP contribution in [0.3, 0.4) is 0 Å². The Morgan fingerprint density at radius 1 is 1.09 bits per heavy atom. The van der Waals surface area contributed by atoms with Gasteiger partial charge in [-0.15, -0.1) is 0 Å². The van der Waals surface area contributed by atoms with Crippen LogP contribution < -0.4 is 0 Å². The van der Waals surface area contributed by atoms with Crippen molar-refractivity contribution in [2.45, 2.75) is 51.1 Å². The predicted octanol–water partition coefficient (Wildman–Crippen LogP) is 6.47. The number of benzene rings is 2. The highest BCUT2D eigenvalue weighted by atomic mass is 35.5. The van der Waals surface area contributed by atoms with Gasteiger partial charge in [0.15, 0.2) is 5.82 Å². The van der Waals surface area contributed by atoms with E-state index in [1.165, 1.54) is 0 Å². The minimum Gasteiger partial charge on any atom is -0.481 e. The smallest absolute Gasteiger partial charge is 0.304 e. The van der Waals surface area contributed by atoms with Crippen LogP contribution in [0.5, 0.6) is 0 Å². The van der Waals surface area contributed by atoms with E-state index >= 15 is 0 Å². The number of likely N-dealkylation sites (tertiary alicyclic amines) is 1. The molecule has 2 heterocycles. The summed E-state index contributed by atoms with van der Waals surface area (Å²) in [6.45, 7) is 3.72. The Morgan fingerprint density at radius 2 is 1.77 bits per heavy atom. The highest BCUT2D eigenvalue weighted by molar-refractivity contribution is 6.30. The molecule has 182 valence electrons. The topological polar surface area (TPSA) is 83.4 Å². The van der Waals surface area contributed by atoms with Crippen LogP contribution in [0.25, 0.3) is 0 Å². The minimum atomic E-state index is -1.12. The molecule has 0 radical (unpaired) electrons. The molecule has 4 rings (SSSR count). The van der Waals surface area contributed by atoms with Crippen LogP contribution in [0, 0.1) is 5.41 Å². The molecular weight excluding hydrogens is 485 g/mol. The van der Waals surface area contributed by atoms with Gasteiger partial charge >= 0.3 is 5.97 Å². The summed E-state index contributed by atoms with van der Waals surface area (Å²) >= 11 is 12.6. The molecule has 2 aromatic carbocycles. The van der Waals surface area contributed by atoms with Gasteiger partial charge in [0.2, 0.25) is 5.91 Å². The van der Waals surface area contributed by atoms with Gasteiger partial charge in [-0.3, -0.25) is 9.59 Å². The standard InChI is InChI=1S/C27H27Cl2N3O3/c1-3-22(25-30-12-5-13-31-25)32-24(17-8-10-19(28)11-9-17)21(18-6-4-7-20(29)14-18)15-27(2,26(32)35)16-23(33)34/h4-14,21-22,24H,3,15-16H2,1-2H3,(H,33,34)/t21-,22+,24-,27+/m1/s1. The molecule has 1 saturated heterocycles. The third kappa shape index (κ3) is 5.19. The van der Waals surface area contributed by atoms with Gasteiger partial charge in [0.1, 0.15) is 0 Å². The van der Waals surface area contributed by atoms with Crippen LogP contribution >= 0.6 is 23.2 Å². The molecule has 0 bridgehead atoms. The largest absolute Gasteiger partial charge is 0.481 e. The zero-order valence-corrected chi connectivity index (χ0v) is 21.1. The molecule has 3 aromatic rings. The monoisotopic (exact) mass is 511 g/mol. The Balaban J connectivity index is 1.95. The molecule has 1 aliphatic heterocycles. The van der Waals surface area contributed by atoms with Gasteiger partial charge < -0.3 is 10.0 Å². The van der Waals surface area contributed by atoms with Gasteiger partial charge in [-0.1, -0.05) is 61.3 Å². The fourth-order valence-corrected chi connectivity index (χ4v) is 5.53. The van der Waals surface area contributed by atoms with Crippen molar-refractivity contribution in [1.82, 2.24) is 14.9 Å². The van der Waals surface area contributed by atoms with Crippen molar-refractivity contribution in [2.75, 3.05) is 0 Å². The normalized spacial score (nSPS) is 23.2. The number of hydrogen-bond donors (Lipinski definition) is 1. The quantitative estimate of drug-likeness (QED) is 0.392. The van der Waals surface area contributed by atoms with E-state index < -0.39 is 23.5 Å². The van der Waals surface area contributed by atoms with E-state index in [2.05, 4.69) is 9.97 Å². The maximum absolute atomic E-state index is 14.2. The fourth-order valence-electron chi connectivity index (χ4n) is 5.21. The Kier molecular flexibility index (Phi) is 7.43. The van der Waals surface area contributed by atoms with Gasteiger partial charge in [0.25, 0.3) is 0 Å². The zero-order valence-electron chi connectivity index (χ0n) is 19.6. The van der Waals surface area contributed by atoms with Crippen molar-refractivity contribution in [2.24, 2.45) is 5.41 Å². The van der Waals surface area contributed by atoms with Crippen molar-refractivity contribution in [1.29, 1.82) is 0 Å². The van der Waals surface area contributed by atoms with E-state index in [4.69, 9.17) is 23.2 Å². The van der Waals surface area contributed by atoms with Crippen molar-refractivity contribution in [3.05, 3.63) is 94.0 Å². The lowest BCUT2D eigenvalue weighted by atomic mass is 9.67. The molecule has 1 amide bonds. The number of hydrogen-bond acceptors (Lipinski definition) is 4. The number of aromatic nitrogens is 2. The molecule has 0 saturated carbocycles. The molecule has 0 aliphatic carbocycles. The number of amides is 1. The highest BCUT2D eigenvalue weighted by Crippen LogP contribution is 2.53. The number of carboxylic acid groups (broad SMARTS) is 1. The lowest BCUT2D eigenvalue weighted by molar-refractivity contribution is -0.161.